The van der Waals surface area contributed by atoms with Gasteiger partial charge in [0.25, 0.3) is 0 Å². The third-order valence-corrected chi connectivity index (χ3v) is 2.42. The number of aromatic amines is 1. The number of benzene rings is 1. The number of Topliss-reactive ketones (excluding diaryl/α,β-unsaturated/α-hetero) is 1. The van der Waals surface area contributed by atoms with Gasteiger partial charge in [-0.25, -0.2) is 0 Å². The zero-order chi connectivity index (χ0) is 11.0. The molecule has 0 aliphatic rings. The van der Waals surface area contributed by atoms with Crippen molar-refractivity contribution in [2.75, 3.05) is 0 Å². The molecular weight excluding hydrogens is 190 g/mol. The van der Waals surface area contributed by atoms with Gasteiger partial charge < -0.3 is 4.98 Å². The van der Waals surface area contributed by atoms with Crippen LogP contribution >= 0.6 is 0 Å². The summed E-state index contributed by atoms with van der Waals surface area (Å²) >= 11 is 0. The molecule has 15 heavy (non-hydrogen) atoms. The second-order valence-electron chi connectivity index (χ2n) is 3.64. The molecule has 0 unspecified atom stereocenters. The first kappa shape index (κ1) is 9.65. The van der Waals surface area contributed by atoms with E-state index in [4.69, 9.17) is 0 Å². The molecule has 1 aromatic heterocycles. The fraction of sp³-hybridized carbons (Fsp3) is 0.167. The van der Waals surface area contributed by atoms with Crippen LogP contribution in [0.4, 0.5) is 0 Å². The number of hydrogen-bond acceptors (Lipinski definition) is 2. The zero-order valence-corrected chi connectivity index (χ0v) is 8.63. The predicted molar refractivity (Wildman–Crippen MR) is 59.3 cm³/mol. The quantitative estimate of drug-likeness (QED) is 0.718. The van der Waals surface area contributed by atoms with Crippen LogP contribution in [0.2, 0.25) is 0 Å². The zero-order valence-electron chi connectivity index (χ0n) is 8.63. The van der Waals surface area contributed by atoms with Crippen molar-refractivity contribution >= 4 is 16.7 Å². The second kappa shape index (κ2) is 3.35. The van der Waals surface area contributed by atoms with E-state index in [1.54, 1.807) is 6.07 Å². The average molecular weight is 201 g/mol. The van der Waals surface area contributed by atoms with Crippen molar-refractivity contribution in [2.24, 2.45) is 0 Å². The van der Waals surface area contributed by atoms with E-state index in [1.807, 2.05) is 19.1 Å². The summed E-state index contributed by atoms with van der Waals surface area (Å²) in [5.74, 6) is -0.210. The van der Waals surface area contributed by atoms with Gasteiger partial charge in [0.1, 0.15) is 0 Å². The molecule has 1 heterocycles. The van der Waals surface area contributed by atoms with E-state index in [0.29, 0.717) is 5.39 Å². The Labute approximate surface area is 86.8 Å². The van der Waals surface area contributed by atoms with Gasteiger partial charge in [-0.2, -0.15) is 0 Å². The van der Waals surface area contributed by atoms with Crippen LogP contribution in [0.5, 0.6) is 0 Å². The lowest BCUT2D eigenvalue weighted by Gasteiger charge is -2.01. The summed E-state index contributed by atoms with van der Waals surface area (Å²) in [7, 11) is 0. The number of rotatable bonds is 1. The topological polar surface area (TPSA) is 49.9 Å². The largest absolute Gasteiger partial charge is 0.360 e. The number of carbonyl (C=O) groups excluding carboxylic acids is 1. The molecule has 1 aromatic carbocycles. The normalized spacial score (nSPS) is 10.5. The molecular formula is C12H11NO2. The molecule has 3 heteroatoms. The van der Waals surface area contributed by atoms with Crippen LogP contribution in [0.3, 0.4) is 0 Å². The third-order valence-electron chi connectivity index (χ3n) is 2.42. The second-order valence-corrected chi connectivity index (χ2v) is 3.64. The Morgan fingerprint density at radius 3 is 2.73 bits per heavy atom. The van der Waals surface area contributed by atoms with Crippen molar-refractivity contribution in [3.05, 3.63) is 45.7 Å². The standard InChI is InChI=1S/C12H11NO2/c1-7-3-4-9-11(5-7)13-6-10(8(2)14)12(9)15/h3-6H,1-2H3,(H,13,15). The highest BCUT2D eigenvalue weighted by molar-refractivity contribution is 5.97. The van der Waals surface area contributed by atoms with Crippen LogP contribution in [-0.2, 0) is 0 Å². The molecule has 3 nitrogen and oxygen atoms in total. The maximum Gasteiger partial charge on any atom is 0.200 e. The molecule has 2 rings (SSSR count). The summed E-state index contributed by atoms with van der Waals surface area (Å²) in [6.07, 6.45) is 1.48. The molecule has 76 valence electrons. The summed E-state index contributed by atoms with van der Waals surface area (Å²) in [6, 6.07) is 5.50. The molecule has 0 saturated heterocycles. The van der Waals surface area contributed by atoms with E-state index in [-0.39, 0.29) is 16.8 Å². The van der Waals surface area contributed by atoms with Crippen molar-refractivity contribution in [2.45, 2.75) is 13.8 Å². The van der Waals surface area contributed by atoms with Gasteiger partial charge in [0, 0.05) is 17.1 Å². The van der Waals surface area contributed by atoms with E-state index in [0.717, 1.165) is 11.1 Å². The molecule has 0 aliphatic carbocycles. The van der Waals surface area contributed by atoms with Gasteiger partial charge in [0.15, 0.2) is 11.2 Å². The Kier molecular flexibility index (Phi) is 2.15. The maximum absolute atomic E-state index is 11.8. The van der Waals surface area contributed by atoms with Gasteiger partial charge in [0.2, 0.25) is 0 Å². The number of nitrogens with one attached hydrogen (secondary N) is 1. The first-order valence-corrected chi connectivity index (χ1v) is 4.72. The molecule has 0 saturated carbocycles. The lowest BCUT2D eigenvalue weighted by atomic mass is 10.1. The van der Waals surface area contributed by atoms with Gasteiger partial charge in [-0.3, -0.25) is 9.59 Å². The smallest absolute Gasteiger partial charge is 0.200 e. The van der Waals surface area contributed by atoms with E-state index >= 15 is 0 Å². The number of H-pyrrole nitrogens is 1. The fourth-order valence-corrected chi connectivity index (χ4v) is 1.60. The van der Waals surface area contributed by atoms with Crippen LogP contribution in [-0.4, -0.2) is 10.8 Å². The minimum Gasteiger partial charge on any atom is -0.360 e. The van der Waals surface area contributed by atoms with Gasteiger partial charge in [-0.15, -0.1) is 0 Å². The highest BCUT2D eigenvalue weighted by atomic mass is 16.1. The van der Waals surface area contributed by atoms with Crippen molar-refractivity contribution in [1.82, 2.24) is 4.98 Å². The van der Waals surface area contributed by atoms with Gasteiger partial charge >= 0.3 is 0 Å². The highest BCUT2D eigenvalue weighted by Crippen LogP contribution is 2.10. The molecule has 0 atom stereocenters. The molecule has 0 fully saturated rings. The predicted octanol–water partition coefficient (Wildman–Crippen LogP) is 2.04. The van der Waals surface area contributed by atoms with Crippen molar-refractivity contribution in [1.29, 1.82) is 0 Å². The van der Waals surface area contributed by atoms with Gasteiger partial charge in [-0.05, 0) is 31.5 Å². The van der Waals surface area contributed by atoms with Crippen LogP contribution in [0.1, 0.15) is 22.8 Å². The Morgan fingerprint density at radius 2 is 2.07 bits per heavy atom. The lowest BCUT2D eigenvalue weighted by molar-refractivity contribution is 0.101. The summed E-state index contributed by atoms with van der Waals surface area (Å²) in [5, 5.41) is 0.563. The molecule has 0 amide bonds. The van der Waals surface area contributed by atoms with Crippen molar-refractivity contribution in [3.8, 4) is 0 Å². The van der Waals surface area contributed by atoms with E-state index in [1.165, 1.54) is 13.1 Å². The Bertz CT molecular complexity index is 596. The fourth-order valence-electron chi connectivity index (χ4n) is 1.60. The highest BCUT2D eigenvalue weighted by Gasteiger charge is 2.08. The van der Waals surface area contributed by atoms with E-state index in [9.17, 15) is 9.59 Å². The van der Waals surface area contributed by atoms with Crippen LogP contribution < -0.4 is 5.43 Å². The van der Waals surface area contributed by atoms with Crippen LogP contribution in [0, 0.1) is 6.92 Å². The summed E-state index contributed by atoms with van der Waals surface area (Å²) in [5.41, 5.74) is 1.86. The average Bonchev–Trinajstić information content (AvgIpc) is 2.17. The SMILES string of the molecule is CC(=O)c1c[nH]c2cc(C)ccc2c1=O. The minimum absolute atomic E-state index is 0.198. The van der Waals surface area contributed by atoms with Gasteiger partial charge in [-0.1, -0.05) is 6.07 Å². The number of hydrogen-bond donors (Lipinski definition) is 1. The lowest BCUT2D eigenvalue weighted by Crippen LogP contribution is -2.13. The number of fused-ring (bicyclic) bond motifs is 1. The van der Waals surface area contributed by atoms with Crippen molar-refractivity contribution < 1.29 is 4.79 Å². The summed E-state index contributed by atoms with van der Waals surface area (Å²) < 4.78 is 0. The number of ketones is 1. The Hall–Kier alpha value is -1.90. The number of aromatic nitrogens is 1. The monoisotopic (exact) mass is 201 g/mol. The maximum atomic E-state index is 11.8. The number of carbonyl (C=O) groups is 1. The number of pyridine rings is 1. The molecule has 0 spiro atoms. The minimum atomic E-state index is -0.210. The first-order valence-electron chi connectivity index (χ1n) is 4.72. The Morgan fingerprint density at radius 1 is 1.33 bits per heavy atom. The van der Waals surface area contributed by atoms with Crippen LogP contribution in [0.15, 0.2) is 29.2 Å². The number of aryl methyl sites for hydroxylation is 1. The molecule has 2 aromatic rings. The molecule has 0 aliphatic heterocycles. The first-order chi connectivity index (χ1) is 7.09. The van der Waals surface area contributed by atoms with E-state index < -0.39 is 0 Å². The molecule has 1 N–H and O–H groups in total. The molecule has 0 radical (unpaired) electrons. The third kappa shape index (κ3) is 1.56. The van der Waals surface area contributed by atoms with Crippen molar-refractivity contribution in [3.63, 3.8) is 0 Å². The van der Waals surface area contributed by atoms with E-state index in [2.05, 4.69) is 4.98 Å². The Balaban J connectivity index is 2.86. The van der Waals surface area contributed by atoms with Crippen LogP contribution in [0.25, 0.3) is 10.9 Å². The molecule has 0 bridgehead atoms. The summed E-state index contributed by atoms with van der Waals surface area (Å²) in [6.45, 7) is 3.35. The summed E-state index contributed by atoms with van der Waals surface area (Å²) in [4.78, 5) is 26.0. The van der Waals surface area contributed by atoms with Gasteiger partial charge in [0.05, 0.1) is 5.56 Å².